The van der Waals surface area contributed by atoms with E-state index in [-0.39, 0.29) is 30.2 Å². The van der Waals surface area contributed by atoms with Crippen LogP contribution in [0.25, 0.3) is 11.0 Å². The largest absolute Gasteiger partial charge is 0.493 e. The highest BCUT2D eigenvalue weighted by Crippen LogP contribution is 2.45. The van der Waals surface area contributed by atoms with E-state index >= 15 is 0 Å². The van der Waals surface area contributed by atoms with Crippen molar-refractivity contribution in [2.24, 2.45) is 5.41 Å². The molecule has 3 aromatic carbocycles. The second-order valence-corrected chi connectivity index (χ2v) is 12.3. The maximum absolute atomic E-state index is 14.3. The number of amides is 2. The van der Waals surface area contributed by atoms with Gasteiger partial charge in [-0.2, -0.15) is 0 Å². The lowest BCUT2D eigenvalue weighted by Gasteiger charge is -2.32. The van der Waals surface area contributed by atoms with E-state index in [0.29, 0.717) is 44.4 Å². The number of nitrogens with zero attached hydrogens (tertiary/aromatic N) is 1. The van der Waals surface area contributed by atoms with Crippen molar-refractivity contribution in [3.63, 3.8) is 0 Å². The number of carboxylic acids is 1. The van der Waals surface area contributed by atoms with Crippen LogP contribution in [0.3, 0.4) is 0 Å². The van der Waals surface area contributed by atoms with Crippen LogP contribution in [-0.4, -0.2) is 68.6 Å². The Morgan fingerprint density at radius 3 is 2.44 bits per heavy atom. The molecular weight excluding hydrogens is 644 g/mol. The van der Waals surface area contributed by atoms with Gasteiger partial charge >= 0.3 is 5.97 Å². The fourth-order valence-electron chi connectivity index (χ4n) is 5.47. The molecule has 2 heterocycles. The quantitative estimate of drug-likeness (QED) is 0.165. The van der Waals surface area contributed by atoms with Gasteiger partial charge < -0.3 is 43.8 Å². The number of nitrogens with one attached hydrogen (secondary N) is 1. The third kappa shape index (κ3) is 6.96. The molecule has 3 N–H and O–H groups in total. The zero-order chi connectivity index (χ0) is 34.7. The van der Waals surface area contributed by atoms with Crippen molar-refractivity contribution < 1.29 is 48.0 Å². The molecule has 2 amide bonds. The summed E-state index contributed by atoms with van der Waals surface area (Å²) < 4.78 is 28.5. The summed E-state index contributed by atoms with van der Waals surface area (Å²) in [6.07, 6.45) is 0.347. The van der Waals surface area contributed by atoms with Crippen LogP contribution in [0.5, 0.6) is 17.2 Å². The number of carbonyl (C=O) groups is 3. The highest BCUT2D eigenvalue weighted by atomic mass is 35.5. The Hall–Kier alpha value is -5.04. The molecule has 13 heteroatoms. The number of aliphatic hydroxyl groups excluding tert-OH is 1. The summed E-state index contributed by atoms with van der Waals surface area (Å²) in [5.41, 5.74) is 1.45. The van der Waals surface area contributed by atoms with Crippen molar-refractivity contribution in [1.82, 2.24) is 0 Å². The Balaban J connectivity index is 1.55. The SMILES string of the molecule is COc1cccc([C@H]2OC(/C=C/C(=O)Nc3cc(OC)c4oc(C(=O)O)cc4c3)C(=O)N(CC(C)(C)CO)c3ccc(Cl)cc32)c1OC. The fraction of sp³-hybridized carbons (Fsp3) is 0.286. The lowest BCUT2D eigenvalue weighted by Crippen LogP contribution is -2.44. The second-order valence-electron chi connectivity index (χ2n) is 11.8. The molecule has 0 saturated carbocycles. The van der Waals surface area contributed by atoms with Crippen LogP contribution in [0, 0.1) is 5.41 Å². The molecule has 48 heavy (non-hydrogen) atoms. The number of benzene rings is 3. The minimum absolute atomic E-state index is 0.127. The molecule has 0 radical (unpaired) electrons. The van der Waals surface area contributed by atoms with Crippen molar-refractivity contribution >= 4 is 51.7 Å². The minimum Gasteiger partial charge on any atom is -0.493 e. The Morgan fingerprint density at radius 1 is 1.02 bits per heavy atom. The van der Waals surface area contributed by atoms with Gasteiger partial charge in [0.25, 0.3) is 5.91 Å². The number of hydrogen-bond donors (Lipinski definition) is 3. The summed E-state index contributed by atoms with van der Waals surface area (Å²) in [5.74, 6) is -1.55. The standard InChI is InChI=1S/C35H35ClN2O10/c1-35(2,18-39)17-38-24-10-9-20(36)15-23(24)31(22-7-6-8-25(44-3)32(22)46-5)47-26(33(38)41)11-12-29(40)37-21-13-19-14-28(34(42)43)48-30(19)27(16-21)45-4/h6-16,26,31,39H,17-18H2,1-5H3,(H,37,40)(H,42,43)/b12-11+/t26?,31-/m1/s1. The van der Waals surface area contributed by atoms with E-state index in [4.69, 9.17) is 35.0 Å². The Labute approximate surface area is 281 Å². The van der Waals surface area contributed by atoms with Gasteiger partial charge in [-0.25, -0.2) is 4.79 Å². The van der Waals surface area contributed by atoms with Crippen LogP contribution >= 0.6 is 11.6 Å². The first-order valence-electron chi connectivity index (χ1n) is 14.8. The predicted molar refractivity (Wildman–Crippen MR) is 178 cm³/mol. The van der Waals surface area contributed by atoms with Gasteiger partial charge in [-0.05, 0) is 42.5 Å². The molecule has 5 rings (SSSR count). The Morgan fingerprint density at radius 2 is 1.77 bits per heavy atom. The van der Waals surface area contributed by atoms with E-state index in [1.165, 1.54) is 56.6 Å². The van der Waals surface area contributed by atoms with E-state index in [2.05, 4.69) is 5.32 Å². The molecule has 1 unspecified atom stereocenters. The van der Waals surface area contributed by atoms with Crippen LogP contribution in [0.4, 0.5) is 11.4 Å². The number of methoxy groups -OCH3 is 3. The van der Waals surface area contributed by atoms with Crippen molar-refractivity contribution in [3.8, 4) is 17.2 Å². The summed E-state index contributed by atoms with van der Waals surface area (Å²) in [4.78, 5) is 40.4. The van der Waals surface area contributed by atoms with Crippen molar-refractivity contribution in [2.75, 3.05) is 44.7 Å². The molecule has 1 aliphatic heterocycles. The van der Waals surface area contributed by atoms with E-state index in [0.717, 1.165) is 0 Å². The highest BCUT2D eigenvalue weighted by molar-refractivity contribution is 6.30. The second kappa shape index (κ2) is 14.0. The van der Waals surface area contributed by atoms with E-state index in [1.807, 2.05) is 13.8 Å². The monoisotopic (exact) mass is 678 g/mol. The van der Waals surface area contributed by atoms with Crippen LogP contribution in [0.15, 0.2) is 71.2 Å². The molecule has 1 aromatic heterocycles. The number of ether oxygens (including phenoxy) is 4. The highest BCUT2D eigenvalue weighted by Gasteiger charge is 2.39. The van der Waals surface area contributed by atoms with Gasteiger partial charge in [0.2, 0.25) is 11.7 Å². The summed E-state index contributed by atoms with van der Waals surface area (Å²) in [7, 11) is 4.40. The average Bonchev–Trinajstić information content (AvgIpc) is 3.47. The van der Waals surface area contributed by atoms with E-state index < -0.39 is 35.4 Å². The maximum atomic E-state index is 14.3. The number of carbonyl (C=O) groups excluding carboxylic acids is 2. The molecule has 1 aliphatic rings. The number of para-hydroxylation sites is 1. The molecule has 0 spiro atoms. The van der Waals surface area contributed by atoms with Gasteiger partial charge in [0.05, 0.1) is 21.3 Å². The lowest BCUT2D eigenvalue weighted by atomic mass is 9.92. The van der Waals surface area contributed by atoms with Gasteiger partial charge in [-0.1, -0.05) is 37.6 Å². The molecule has 252 valence electrons. The fourth-order valence-corrected chi connectivity index (χ4v) is 5.65. The van der Waals surface area contributed by atoms with Gasteiger partial charge in [-0.15, -0.1) is 0 Å². The molecule has 0 fully saturated rings. The topological polar surface area (TPSA) is 157 Å². The number of aliphatic hydroxyl groups is 1. The van der Waals surface area contributed by atoms with Crippen molar-refractivity contribution in [1.29, 1.82) is 0 Å². The van der Waals surface area contributed by atoms with Crippen molar-refractivity contribution in [2.45, 2.75) is 26.1 Å². The lowest BCUT2D eigenvalue weighted by molar-refractivity contribution is -0.129. The van der Waals surface area contributed by atoms with E-state index in [1.54, 1.807) is 36.4 Å². The van der Waals surface area contributed by atoms with Crippen LogP contribution in [0.1, 0.15) is 41.6 Å². The molecule has 0 aliphatic carbocycles. The summed E-state index contributed by atoms with van der Waals surface area (Å²) >= 11 is 6.48. The number of aromatic carboxylic acids is 1. The molecule has 0 bridgehead atoms. The van der Waals surface area contributed by atoms with Gasteiger partial charge in [0, 0.05) is 63.6 Å². The molecule has 0 saturated heterocycles. The van der Waals surface area contributed by atoms with Gasteiger partial charge in [0.1, 0.15) is 6.10 Å². The molecule has 12 nitrogen and oxygen atoms in total. The number of fused-ring (bicyclic) bond motifs is 2. The van der Waals surface area contributed by atoms with Gasteiger partial charge in [-0.3, -0.25) is 9.59 Å². The number of anilines is 2. The third-order valence-corrected chi connectivity index (χ3v) is 8.02. The average molecular weight is 679 g/mol. The Kier molecular flexibility index (Phi) is 9.99. The Bertz CT molecular complexity index is 1900. The third-order valence-electron chi connectivity index (χ3n) is 7.79. The van der Waals surface area contributed by atoms with Crippen LogP contribution < -0.4 is 24.4 Å². The van der Waals surface area contributed by atoms with Crippen molar-refractivity contribution in [3.05, 3.63) is 88.7 Å². The molecule has 4 aromatic rings. The van der Waals surface area contributed by atoms with Crippen LogP contribution in [0.2, 0.25) is 5.02 Å². The maximum Gasteiger partial charge on any atom is 0.371 e. The number of hydrogen-bond acceptors (Lipinski definition) is 9. The van der Waals surface area contributed by atoms with Gasteiger partial charge in [0.15, 0.2) is 28.9 Å². The number of halogens is 1. The first kappa shape index (κ1) is 34.3. The number of furan rings is 1. The first-order chi connectivity index (χ1) is 22.9. The number of carboxylic acid groups (broad SMARTS) is 1. The van der Waals surface area contributed by atoms with Crippen LogP contribution in [-0.2, 0) is 14.3 Å². The summed E-state index contributed by atoms with van der Waals surface area (Å²) in [5, 5.41) is 23.0. The normalized spacial score (nSPS) is 16.5. The molecular formula is C35H35ClN2O10. The summed E-state index contributed by atoms with van der Waals surface area (Å²) in [6.45, 7) is 3.58. The predicted octanol–water partition coefficient (Wildman–Crippen LogP) is 5.84. The minimum atomic E-state index is -1.28. The zero-order valence-electron chi connectivity index (χ0n) is 26.9. The number of rotatable bonds is 11. The van der Waals surface area contributed by atoms with E-state index in [9.17, 15) is 24.6 Å². The first-order valence-corrected chi connectivity index (χ1v) is 15.2. The summed E-state index contributed by atoms with van der Waals surface area (Å²) in [6, 6.07) is 14.7. The smallest absolute Gasteiger partial charge is 0.371 e. The zero-order valence-corrected chi connectivity index (χ0v) is 27.7. The molecule has 2 atom stereocenters.